The molecule has 0 saturated carbocycles. The first kappa shape index (κ1) is 18.6. The lowest BCUT2D eigenvalue weighted by Crippen LogP contribution is -2.31. The maximum absolute atomic E-state index is 14.9. The zero-order valence-electron chi connectivity index (χ0n) is 16.9. The maximum atomic E-state index is 14.9. The van der Waals surface area contributed by atoms with Crippen LogP contribution >= 0.6 is 0 Å². The number of imidazole rings is 1. The second-order valence-corrected chi connectivity index (χ2v) is 7.76. The summed E-state index contributed by atoms with van der Waals surface area (Å²) >= 11 is 0. The number of anilines is 1. The van der Waals surface area contributed by atoms with E-state index in [0.29, 0.717) is 40.7 Å². The molecule has 0 unspecified atom stereocenters. The van der Waals surface area contributed by atoms with Crippen molar-refractivity contribution < 1.29 is 23.8 Å². The van der Waals surface area contributed by atoms with Crippen molar-refractivity contribution in [2.75, 3.05) is 18.1 Å². The first-order valence-electron chi connectivity index (χ1n) is 9.94. The van der Waals surface area contributed by atoms with E-state index in [1.807, 2.05) is 11.6 Å². The van der Waals surface area contributed by atoms with Gasteiger partial charge in [-0.15, -0.1) is 10.2 Å². The van der Waals surface area contributed by atoms with Gasteiger partial charge in [-0.1, -0.05) is 0 Å². The number of rotatable bonds is 1. The molecule has 10 nitrogen and oxygen atoms in total. The molecule has 32 heavy (non-hydrogen) atoms. The van der Waals surface area contributed by atoms with Gasteiger partial charge in [0.2, 0.25) is 0 Å². The highest BCUT2D eigenvalue weighted by Crippen LogP contribution is 2.43. The van der Waals surface area contributed by atoms with Crippen LogP contribution in [0.2, 0.25) is 0 Å². The van der Waals surface area contributed by atoms with Gasteiger partial charge in [0.1, 0.15) is 23.7 Å². The van der Waals surface area contributed by atoms with Gasteiger partial charge in [0, 0.05) is 30.6 Å². The molecule has 0 radical (unpaired) electrons. The summed E-state index contributed by atoms with van der Waals surface area (Å²) in [4.78, 5) is 17.8. The van der Waals surface area contributed by atoms with E-state index in [2.05, 4.69) is 15.2 Å². The molecule has 1 aromatic carbocycles. The lowest BCUT2D eigenvalue weighted by Gasteiger charge is -2.23. The molecule has 2 aliphatic rings. The van der Waals surface area contributed by atoms with Crippen LogP contribution in [0, 0.1) is 5.82 Å². The number of hydrogen-bond donors (Lipinski definition) is 1. The number of pyridine rings is 1. The fourth-order valence-corrected chi connectivity index (χ4v) is 4.45. The Balaban J connectivity index is 1.62. The molecule has 0 spiro atoms. The van der Waals surface area contributed by atoms with E-state index in [4.69, 9.17) is 9.47 Å². The van der Waals surface area contributed by atoms with E-state index in [9.17, 15) is 14.3 Å². The van der Waals surface area contributed by atoms with Gasteiger partial charge in [-0.3, -0.25) is 9.30 Å². The fourth-order valence-electron chi connectivity index (χ4n) is 4.45. The first-order valence-corrected chi connectivity index (χ1v) is 9.94. The lowest BCUT2D eigenvalue weighted by molar-refractivity contribution is 0.200. The quantitative estimate of drug-likeness (QED) is 0.489. The Morgan fingerprint density at radius 1 is 1.25 bits per heavy atom. The minimum Gasteiger partial charge on any atom is -0.493 e. The van der Waals surface area contributed by atoms with Crippen LogP contribution < -0.4 is 14.4 Å². The summed E-state index contributed by atoms with van der Waals surface area (Å²) in [5, 5.41) is 18.3. The molecule has 162 valence electrons. The molecule has 0 aliphatic carbocycles. The zero-order chi connectivity index (χ0) is 22.0. The van der Waals surface area contributed by atoms with E-state index in [-0.39, 0.29) is 30.5 Å². The van der Waals surface area contributed by atoms with Gasteiger partial charge in [-0.25, -0.2) is 14.2 Å². The standard InChI is InChI=1S/C21H17FN6O4/c1-26-5-4-23-18(26)12-6-16-20(28-10-24-25-19(12)28)27(21(29)30)7-13-14(22)2-3-15-17(13)11(8-31-15)9-32-16/h2-6,10-11H,7-9H2,1H3,(H,29,30)/t11-/m0/s1. The average molecular weight is 436 g/mol. The van der Waals surface area contributed by atoms with Crippen LogP contribution in [-0.4, -0.2) is 48.6 Å². The van der Waals surface area contributed by atoms with E-state index in [1.165, 1.54) is 16.8 Å². The Labute approximate surface area is 180 Å². The van der Waals surface area contributed by atoms with Crippen LogP contribution in [0.25, 0.3) is 17.0 Å². The third-order valence-corrected chi connectivity index (χ3v) is 5.93. The Bertz CT molecular complexity index is 1400. The van der Waals surface area contributed by atoms with Gasteiger partial charge in [-0.05, 0) is 18.2 Å². The minimum absolute atomic E-state index is 0.192. The highest BCUT2D eigenvalue weighted by atomic mass is 19.1. The highest BCUT2D eigenvalue weighted by Gasteiger charge is 2.35. The summed E-state index contributed by atoms with van der Waals surface area (Å²) in [6.07, 6.45) is 3.61. The summed E-state index contributed by atoms with van der Waals surface area (Å²) in [6.45, 7) is 0.308. The Morgan fingerprint density at radius 3 is 2.81 bits per heavy atom. The van der Waals surface area contributed by atoms with E-state index < -0.39 is 11.9 Å². The smallest absolute Gasteiger partial charge is 0.413 e. The Hall–Kier alpha value is -4.15. The van der Waals surface area contributed by atoms with Gasteiger partial charge in [-0.2, -0.15) is 0 Å². The number of aryl methyl sites for hydroxylation is 1. The third kappa shape index (κ3) is 2.57. The van der Waals surface area contributed by atoms with E-state index in [1.54, 1.807) is 24.5 Å². The van der Waals surface area contributed by atoms with Crippen molar-refractivity contribution >= 4 is 17.6 Å². The number of halogens is 1. The van der Waals surface area contributed by atoms with Gasteiger partial charge in [0.05, 0.1) is 31.2 Å². The molecule has 3 aromatic heterocycles. The molecule has 6 rings (SSSR count). The number of benzene rings is 1. The number of carboxylic acid groups (broad SMARTS) is 1. The number of fused-ring (bicyclic) bond motifs is 3. The van der Waals surface area contributed by atoms with Crippen LogP contribution in [0.15, 0.2) is 36.9 Å². The number of amides is 1. The maximum Gasteiger partial charge on any atom is 0.413 e. The number of ether oxygens (including phenoxy) is 2. The summed E-state index contributed by atoms with van der Waals surface area (Å²) in [7, 11) is 1.85. The number of carbonyl (C=O) groups is 1. The third-order valence-electron chi connectivity index (χ3n) is 5.93. The van der Waals surface area contributed by atoms with Crippen LogP contribution in [0.4, 0.5) is 15.0 Å². The highest BCUT2D eigenvalue weighted by molar-refractivity contribution is 5.90. The predicted molar refractivity (Wildman–Crippen MR) is 110 cm³/mol. The van der Waals surface area contributed by atoms with Crippen LogP contribution in [0.5, 0.6) is 11.5 Å². The number of nitrogens with zero attached hydrogens (tertiary/aromatic N) is 6. The van der Waals surface area contributed by atoms with E-state index in [0.717, 1.165) is 4.90 Å². The average Bonchev–Trinajstić information content (AvgIpc) is 3.50. The molecule has 5 heterocycles. The molecule has 4 aromatic rings. The second-order valence-electron chi connectivity index (χ2n) is 7.76. The Kier molecular flexibility index (Phi) is 3.88. The van der Waals surface area contributed by atoms with Crippen LogP contribution in [-0.2, 0) is 13.6 Å². The molecular weight excluding hydrogens is 419 g/mol. The molecule has 0 bridgehead atoms. The topological polar surface area (TPSA) is 107 Å². The van der Waals surface area contributed by atoms with Crippen molar-refractivity contribution in [1.29, 1.82) is 0 Å². The minimum atomic E-state index is -1.26. The van der Waals surface area contributed by atoms with E-state index >= 15 is 0 Å². The van der Waals surface area contributed by atoms with Crippen molar-refractivity contribution in [2.24, 2.45) is 7.05 Å². The SMILES string of the molecule is Cn1ccnc1-c1cc2c(n3cnnc13)N(C(=O)O)Cc1c(F)ccc3c1[C@@H](CO3)CO2. The monoisotopic (exact) mass is 436 g/mol. The second kappa shape index (κ2) is 6.67. The van der Waals surface area contributed by atoms with Crippen LogP contribution in [0.3, 0.4) is 0 Å². The van der Waals surface area contributed by atoms with Crippen molar-refractivity contribution in [3.63, 3.8) is 0 Å². The molecule has 1 amide bonds. The molecule has 0 fully saturated rings. The molecule has 2 aliphatic heterocycles. The molecule has 11 heteroatoms. The number of hydrogen-bond acceptors (Lipinski definition) is 6. The predicted octanol–water partition coefficient (Wildman–Crippen LogP) is 2.82. The van der Waals surface area contributed by atoms with Crippen LogP contribution in [0.1, 0.15) is 17.0 Å². The first-order chi connectivity index (χ1) is 15.5. The Morgan fingerprint density at radius 2 is 2.06 bits per heavy atom. The summed E-state index contributed by atoms with van der Waals surface area (Å²) in [6, 6.07) is 4.58. The van der Waals surface area contributed by atoms with Crippen molar-refractivity contribution in [3.8, 4) is 22.9 Å². The van der Waals surface area contributed by atoms with Crippen molar-refractivity contribution in [2.45, 2.75) is 12.5 Å². The molecule has 1 N–H and O–H groups in total. The van der Waals surface area contributed by atoms with Gasteiger partial charge < -0.3 is 19.1 Å². The summed E-state index contributed by atoms with van der Waals surface area (Å²) in [5.41, 5.74) is 1.96. The summed E-state index contributed by atoms with van der Waals surface area (Å²) in [5.74, 6) is 0.961. The zero-order valence-corrected chi connectivity index (χ0v) is 16.9. The lowest BCUT2D eigenvalue weighted by atomic mass is 9.95. The van der Waals surface area contributed by atoms with Gasteiger partial charge in [0.25, 0.3) is 0 Å². The largest absolute Gasteiger partial charge is 0.493 e. The molecular formula is C21H17FN6O4. The normalized spacial score (nSPS) is 17.1. The fraction of sp³-hybridized carbons (Fsp3) is 0.238. The van der Waals surface area contributed by atoms with Crippen molar-refractivity contribution in [1.82, 2.24) is 24.1 Å². The van der Waals surface area contributed by atoms with Crippen molar-refractivity contribution in [3.05, 3.63) is 53.9 Å². The molecule has 0 saturated heterocycles. The summed E-state index contributed by atoms with van der Waals surface area (Å²) < 4.78 is 30.1. The van der Waals surface area contributed by atoms with Gasteiger partial charge >= 0.3 is 6.09 Å². The molecule has 1 atom stereocenters. The number of aromatic nitrogens is 5. The van der Waals surface area contributed by atoms with Gasteiger partial charge in [0.15, 0.2) is 17.2 Å².